The van der Waals surface area contributed by atoms with Gasteiger partial charge in [-0.15, -0.1) is 0 Å². The monoisotopic (exact) mass is 164 g/mol. The van der Waals surface area contributed by atoms with Crippen LogP contribution >= 0.6 is 23.5 Å². The summed E-state index contributed by atoms with van der Waals surface area (Å²) < 4.78 is 0. The summed E-state index contributed by atoms with van der Waals surface area (Å²) in [4.78, 5) is 0. The summed E-state index contributed by atoms with van der Waals surface area (Å²) in [6, 6.07) is 0. The Bertz CT molecular complexity index is 87.1. The maximum absolute atomic E-state index is 8.83. The summed E-state index contributed by atoms with van der Waals surface area (Å²) in [5.41, 5.74) is 0. The minimum atomic E-state index is 0.346. The molecule has 0 aromatic heterocycles. The molecule has 1 fully saturated rings. The molecule has 1 heterocycles. The van der Waals surface area contributed by atoms with E-state index in [4.69, 9.17) is 5.11 Å². The average Bonchev–Trinajstić information content (AvgIpc) is 1.89. The molecule has 0 radical (unpaired) electrons. The number of rotatable bonds is 1. The zero-order chi connectivity index (χ0) is 6.69. The Morgan fingerprint density at radius 2 is 2.11 bits per heavy atom. The lowest BCUT2D eigenvalue weighted by atomic mass is 10.3. The molecule has 0 amide bonds. The number of aliphatic hydroxyl groups excluding tert-OH is 1. The average molecular weight is 164 g/mol. The maximum Gasteiger partial charge on any atom is 0.0560 e. The molecule has 1 saturated heterocycles. The van der Waals surface area contributed by atoms with E-state index < -0.39 is 0 Å². The molecule has 1 N–H and O–H groups in total. The topological polar surface area (TPSA) is 20.2 Å². The van der Waals surface area contributed by atoms with E-state index in [1.54, 1.807) is 0 Å². The van der Waals surface area contributed by atoms with Gasteiger partial charge in [-0.25, -0.2) is 0 Å². The van der Waals surface area contributed by atoms with Gasteiger partial charge in [0.1, 0.15) is 0 Å². The van der Waals surface area contributed by atoms with E-state index in [0.29, 0.717) is 17.1 Å². The predicted molar refractivity (Wildman–Crippen MR) is 45.3 cm³/mol. The largest absolute Gasteiger partial charge is 0.395 e. The first-order valence-corrected chi connectivity index (χ1v) is 5.28. The highest BCUT2D eigenvalue weighted by molar-refractivity contribution is 8.07. The van der Waals surface area contributed by atoms with Gasteiger partial charge in [0.2, 0.25) is 0 Å². The molecule has 0 saturated carbocycles. The second-order valence-electron chi connectivity index (χ2n) is 2.17. The van der Waals surface area contributed by atoms with Crippen molar-refractivity contribution in [2.45, 2.75) is 17.4 Å². The van der Waals surface area contributed by atoms with E-state index in [0.717, 1.165) is 0 Å². The fourth-order valence-electron chi connectivity index (χ4n) is 0.877. The van der Waals surface area contributed by atoms with Crippen molar-refractivity contribution in [2.24, 2.45) is 0 Å². The summed E-state index contributed by atoms with van der Waals surface area (Å²) in [6.07, 6.45) is 0. The molecule has 0 aromatic carbocycles. The Hall–Kier alpha value is 0.660. The van der Waals surface area contributed by atoms with E-state index in [1.807, 2.05) is 23.5 Å². The summed E-state index contributed by atoms with van der Waals surface area (Å²) in [5, 5.41) is 9.96. The Balaban J connectivity index is 2.30. The van der Waals surface area contributed by atoms with Gasteiger partial charge in [0, 0.05) is 22.0 Å². The fourth-order valence-corrected chi connectivity index (χ4v) is 3.47. The fraction of sp³-hybridized carbons (Fsp3) is 1.00. The second kappa shape index (κ2) is 3.74. The van der Waals surface area contributed by atoms with Gasteiger partial charge < -0.3 is 5.11 Å². The Morgan fingerprint density at radius 3 is 2.56 bits per heavy atom. The first kappa shape index (κ1) is 7.76. The molecule has 0 aliphatic carbocycles. The molecule has 2 atom stereocenters. The number of aliphatic hydroxyl groups is 1. The summed E-state index contributed by atoms with van der Waals surface area (Å²) in [6.45, 7) is 2.54. The number of hydrogen-bond acceptors (Lipinski definition) is 3. The van der Waals surface area contributed by atoms with Crippen LogP contribution < -0.4 is 0 Å². The van der Waals surface area contributed by atoms with Crippen molar-refractivity contribution in [1.29, 1.82) is 0 Å². The molecule has 1 aliphatic rings. The van der Waals surface area contributed by atoms with Gasteiger partial charge in [-0.2, -0.15) is 23.5 Å². The van der Waals surface area contributed by atoms with E-state index in [9.17, 15) is 0 Å². The maximum atomic E-state index is 8.83. The van der Waals surface area contributed by atoms with Gasteiger partial charge in [-0.3, -0.25) is 0 Å². The number of hydrogen-bond donors (Lipinski definition) is 1. The normalized spacial score (nSPS) is 36.7. The van der Waals surface area contributed by atoms with Crippen LogP contribution in [-0.2, 0) is 0 Å². The predicted octanol–water partition coefficient (Wildman–Crippen LogP) is 1.22. The van der Waals surface area contributed by atoms with Gasteiger partial charge in [0.25, 0.3) is 0 Å². The lowest BCUT2D eigenvalue weighted by Gasteiger charge is -2.25. The third kappa shape index (κ3) is 2.06. The highest BCUT2D eigenvalue weighted by Crippen LogP contribution is 2.30. The van der Waals surface area contributed by atoms with Gasteiger partial charge in [0.05, 0.1) is 6.61 Å². The molecule has 1 nitrogen and oxygen atoms in total. The molecule has 54 valence electrons. The van der Waals surface area contributed by atoms with Crippen LogP contribution in [0.25, 0.3) is 0 Å². The van der Waals surface area contributed by atoms with Crippen molar-refractivity contribution < 1.29 is 5.11 Å². The highest BCUT2D eigenvalue weighted by Gasteiger charge is 2.20. The lowest BCUT2D eigenvalue weighted by molar-refractivity contribution is 0.294. The Morgan fingerprint density at radius 1 is 1.44 bits per heavy atom. The third-order valence-corrected chi connectivity index (χ3v) is 4.65. The van der Waals surface area contributed by atoms with E-state index >= 15 is 0 Å². The van der Waals surface area contributed by atoms with Crippen molar-refractivity contribution in [3.63, 3.8) is 0 Å². The van der Waals surface area contributed by atoms with Crippen molar-refractivity contribution in [3.8, 4) is 0 Å². The van der Waals surface area contributed by atoms with Crippen LogP contribution in [0, 0.1) is 0 Å². The van der Waals surface area contributed by atoms with Gasteiger partial charge >= 0.3 is 0 Å². The molecular weight excluding hydrogens is 152 g/mol. The molecule has 2 unspecified atom stereocenters. The molecule has 9 heavy (non-hydrogen) atoms. The van der Waals surface area contributed by atoms with E-state index in [-0.39, 0.29) is 0 Å². The van der Waals surface area contributed by atoms with Gasteiger partial charge in [-0.1, -0.05) is 6.92 Å². The van der Waals surface area contributed by atoms with Crippen molar-refractivity contribution in [1.82, 2.24) is 0 Å². The van der Waals surface area contributed by atoms with Crippen LogP contribution in [0.3, 0.4) is 0 Å². The van der Waals surface area contributed by atoms with Crippen LogP contribution in [0.5, 0.6) is 0 Å². The first-order valence-electron chi connectivity index (χ1n) is 3.18. The summed E-state index contributed by atoms with van der Waals surface area (Å²) >= 11 is 3.87. The van der Waals surface area contributed by atoms with E-state index in [1.165, 1.54) is 11.5 Å². The summed E-state index contributed by atoms with van der Waals surface area (Å²) in [7, 11) is 0. The zero-order valence-electron chi connectivity index (χ0n) is 5.54. The van der Waals surface area contributed by atoms with Crippen LogP contribution in [-0.4, -0.2) is 33.7 Å². The standard InChI is InChI=1S/C6H12OS2/c1-5-6(4-7)9-3-2-8-5/h5-7H,2-4H2,1H3. The number of thioether (sulfide) groups is 2. The minimum Gasteiger partial charge on any atom is -0.395 e. The molecule has 3 heteroatoms. The van der Waals surface area contributed by atoms with Crippen molar-refractivity contribution in [2.75, 3.05) is 18.1 Å². The smallest absolute Gasteiger partial charge is 0.0560 e. The first-order chi connectivity index (χ1) is 4.34. The van der Waals surface area contributed by atoms with Gasteiger partial charge in [-0.05, 0) is 0 Å². The SMILES string of the molecule is CC1SCCSC1CO. The Labute approximate surface area is 64.6 Å². The van der Waals surface area contributed by atoms with Crippen LogP contribution in [0.1, 0.15) is 6.92 Å². The highest BCUT2D eigenvalue weighted by atomic mass is 32.2. The van der Waals surface area contributed by atoms with Crippen LogP contribution in [0.15, 0.2) is 0 Å². The molecule has 1 aliphatic heterocycles. The quantitative estimate of drug-likeness (QED) is 0.629. The molecular formula is C6H12OS2. The molecule has 1 rings (SSSR count). The zero-order valence-corrected chi connectivity index (χ0v) is 7.17. The van der Waals surface area contributed by atoms with E-state index in [2.05, 4.69) is 6.92 Å². The minimum absolute atomic E-state index is 0.346. The van der Waals surface area contributed by atoms with Crippen LogP contribution in [0.4, 0.5) is 0 Å². The van der Waals surface area contributed by atoms with Crippen LogP contribution in [0.2, 0.25) is 0 Å². The molecule has 0 aromatic rings. The second-order valence-corrected chi connectivity index (χ2v) is 5.00. The van der Waals surface area contributed by atoms with Crippen molar-refractivity contribution >= 4 is 23.5 Å². The third-order valence-electron chi connectivity index (χ3n) is 1.50. The van der Waals surface area contributed by atoms with Crippen molar-refractivity contribution in [3.05, 3.63) is 0 Å². The Kier molecular flexibility index (Phi) is 3.22. The van der Waals surface area contributed by atoms with Gasteiger partial charge in [0.15, 0.2) is 0 Å². The lowest BCUT2D eigenvalue weighted by Crippen LogP contribution is -2.25. The molecule has 0 bridgehead atoms. The molecule has 0 spiro atoms. The summed E-state index contributed by atoms with van der Waals surface area (Å²) in [5.74, 6) is 2.46.